The van der Waals surface area contributed by atoms with Gasteiger partial charge in [0.05, 0.1) is 23.2 Å². The van der Waals surface area contributed by atoms with Gasteiger partial charge in [0.25, 0.3) is 0 Å². The second kappa shape index (κ2) is 7.59. The van der Waals surface area contributed by atoms with Gasteiger partial charge < -0.3 is 5.32 Å². The highest BCUT2D eigenvalue weighted by Gasteiger charge is 2.17. The first-order valence-corrected chi connectivity index (χ1v) is 8.20. The van der Waals surface area contributed by atoms with Gasteiger partial charge in [0.15, 0.2) is 0 Å². The monoisotopic (exact) mass is 421 g/mol. The summed E-state index contributed by atoms with van der Waals surface area (Å²) in [6, 6.07) is 2.97. The summed E-state index contributed by atoms with van der Waals surface area (Å²) in [6.07, 6.45) is 3.14. The third-order valence-corrected chi connectivity index (χ3v) is 4.32. The lowest BCUT2D eigenvalue weighted by Gasteiger charge is -2.15. The second-order valence-electron chi connectivity index (χ2n) is 4.55. The van der Waals surface area contributed by atoms with Gasteiger partial charge in [-0.15, -0.1) is 0 Å². The molecule has 0 aliphatic carbocycles. The van der Waals surface area contributed by atoms with E-state index in [1.54, 1.807) is 25.3 Å². The smallest absolute Gasteiger partial charge is 0.225 e. The maximum absolute atomic E-state index is 12.1. The molecule has 4 nitrogen and oxygen atoms in total. The first-order valence-electron chi connectivity index (χ1n) is 6.27. The van der Waals surface area contributed by atoms with Gasteiger partial charge in [-0.1, -0.05) is 34.8 Å². The fourth-order valence-corrected chi connectivity index (χ4v) is 3.15. The minimum absolute atomic E-state index is 0.0317. The third kappa shape index (κ3) is 4.32. The van der Waals surface area contributed by atoms with Gasteiger partial charge in [0.1, 0.15) is 5.15 Å². The molecule has 0 aliphatic heterocycles. The molecule has 2 rings (SSSR count). The summed E-state index contributed by atoms with van der Waals surface area (Å²) in [5.74, 6) is -0.245. The lowest BCUT2D eigenvalue weighted by molar-refractivity contribution is -0.121. The standard InChI is InChI=1S/C14H11BrCl3N3O/c1-7(13-11(17)4-8(15)6-20-13)21-12(22)5-9-10(16)2-3-19-14(9)18/h2-4,6-7H,5H2,1H3,(H,21,22). The van der Waals surface area contributed by atoms with Crippen molar-refractivity contribution in [3.8, 4) is 0 Å². The molecule has 0 spiro atoms. The highest BCUT2D eigenvalue weighted by Crippen LogP contribution is 2.25. The lowest BCUT2D eigenvalue weighted by Crippen LogP contribution is -2.29. The molecule has 2 aromatic rings. The molecule has 0 aliphatic rings. The van der Waals surface area contributed by atoms with E-state index in [9.17, 15) is 4.79 Å². The first-order chi connectivity index (χ1) is 10.4. The Morgan fingerprint density at radius 2 is 2.05 bits per heavy atom. The summed E-state index contributed by atoms with van der Waals surface area (Å²) in [5, 5.41) is 3.91. The van der Waals surface area contributed by atoms with Crippen LogP contribution in [0.15, 0.2) is 29.0 Å². The molecule has 22 heavy (non-hydrogen) atoms. The molecule has 0 aromatic carbocycles. The molecule has 0 saturated carbocycles. The normalized spacial score (nSPS) is 12.0. The number of nitrogens with zero attached hydrogens (tertiary/aromatic N) is 2. The average molecular weight is 424 g/mol. The topological polar surface area (TPSA) is 54.9 Å². The highest BCUT2D eigenvalue weighted by molar-refractivity contribution is 9.10. The molecule has 0 bridgehead atoms. The quantitative estimate of drug-likeness (QED) is 0.730. The van der Waals surface area contributed by atoms with Gasteiger partial charge in [-0.05, 0) is 35.0 Å². The minimum atomic E-state index is -0.345. The number of pyridine rings is 2. The van der Waals surface area contributed by atoms with Gasteiger partial charge in [-0.2, -0.15) is 0 Å². The van der Waals surface area contributed by atoms with E-state index in [0.717, 1.165) is 4.47 Å². The van der Waals surface area contributed by atoms with Crippen molar-refractivity contribution >= 4 is 56.6 Å². The first kappa shape index (κ1) is 17.5. The molecule has 0 radical (unpaired) electrons. The predicted molar refractivity (Wildman–Crippen MR) is 91.5 cm³/mol. The van der Waals surface area contributed by atoms with Crippen molar-refractivity contribution in [1.82, 2.24) is 15.3 Å². The van der Waals surface area contributed by atoms with E-state index >= 15 is 0 Å². The highest BCUT2D eigenvalue weighted by atomic mass is 79.9. The summed E-state index contributed by atoms with van der Waals surface area (Å²) >= 11 is 21.4. The Hall–Kier alpha value is -0.880. The van der Waals surface area contributed by atoms with Crippen LogP contribution in [0.25, 0.3) is 0 Å². The summed E-state index contributed by atoms with van der Waals surface area (Å²) in [7, 11) is 0. The zero-order valence-corrected chi connectivity index (χ0v) is 15.3. The van der Waals surface area contributed by atoms with Crippen LogP contribution in [0.1, 0.15) is 24.2 Å². The molecule has 1 atom stereocenters. The van der Waals surface area contributed by atoms with Gasteiger partial charge in [-0.3, -0.25) is 9.78 Å². The van der Waals surface area contributed by atoms with Crippen molar-refractivity contribution in [3.05, 3.63) is 55.5 Å². The summed E-state index contributed by atoms with van der Waals surface area (Å²) in [5.41, 5.74) is 1.08. The Labute approximate surface area is 151 Å². The van der Waals surface area contributed by atoms with Crippen molar-refractivity contribution in [1.29, 1.82) is 0 Å². The second-order valence-corrected chi connectivity index (χ2v) is 6.64. The van der Waals surface area contributed by atoms with Crippen LogP contribution in [0.2, 0.25) is 15.2 Å². The Bertz CT molecular complexity index is 691. The Kier molecular flexibility index (Phi) is 6.03. The van der Waals surface area contributed by atoms with Gasteiger partial charge in [0.2, 0.25) is 5.91 Å². The average Bonchev–Trinajstić information content (AvgIpc) is 2.42. The summed E-state index contributed by atoms with van der Waals surface area (Å²) in [4.78, 5) is 20.3. The van der Waals surface area contributed by atoms with Crippen molar-refractivity contribution in [3.63, 3.8) is 0 Å². The molecule has 1 unspecified atom stereocenters. The van der Waals surface area contributed by atoms with E-state index in [0.29, 0.717) is 21.3 Å². The van der Waals surface area contributed by atoms with Crippen LogP contribution in [0.5, 0.6) is 0 Å². The van der Waals surface area contributed by atoms with Crippen LogP contribution >= 0.6 is 50.7 Å². The fraction of sp³-hybridized carbons (Fsp3) is 0.214. The van der Waals surface area contributed by atoms with E-state index < -0.39 is 0 Å². The SMILES string of the molecule is CC(NC(=O)Cc1c(Cl)ccnc1Cl)c1ncc(Br)cc1Cl. The summed E-state index contributed by atoms with van der Waals surface area (Å²) < 4.78 is 0.772. The predicted octanol–water partition coefficient (Wildman–Crippen LogP) is 4.62. The van der Waals surface area contributed by atoms with Crippen molar-refractivity contribution in [2.45, 2.75) is 19.4 Å². The number of rotatable bonds is 4. The largest absolute Gasteiger partial charge is 0.348 e. The number of hydrogen-bond acceptors (Lipinski definition) is 3. The van der Waals surface area contributed by atoms with Crippen LogP contribution in [-0.4, -0.2) is 15.9 Å². The van der Waals surface area contributed by atoms with Crippen molar-refractivity contribution < 1.29 is 4.79 Å². The number of hydrogen-bond donors (Lipinski definition) is 1. The zero-order valence-electron chi connectivity index (χ0n) is 11.4. The molecule has 0 saturated heterocycles. The van der Waals surface area contributed by atoms with Crippen LogP contribution in [0.4, 0.5) is 0 Å². The molecule has 1 amide bonds. The maximum Gasteiger partial charge on any atom is 0.225 e. The molecule has 2 aromatic heterocycles. The van der Waals surface area contributed by atoms with Crippen molar-refractivity contribution in [2.24, 2.45) is 0 Å². The maximum atomic E-state index is 12.1. The number of amides is 1. The zero-order chi connectivity index (χ0) is 16.3. The summed E-state index contributed by atoms with van der Waals surface area (Å²) in [6.45, 7) is 1.80. The van der Waals surface area contributed by atoms with Crippen LogP contribution in [0.3, 0.4) is 0 Å². The Morgan fingerprint density at radius 3 is 2.68 bits per heavy atom. The number of carbonyl (C=O) groups is 1. The van der Waals surface area contributed by atoms with E-state index in [4.69, 9.17) is 34.8 Å². The third-order valence-electron chi connectivity index (χ3n) is 2.91. The van der Waals surface area contributed by atoms with Gasteiger partial charge >= 0.3 is 0 Å². The Balaban J connectivity index is 2.08. The van der Waals surface area contributed by atoms with Gasteiger partial charge in [-0.25, -0.2) is 4.98 Å². The minimum Gasteiger partial charge on any atom is -0.348 e. The number of nitrogens with one attached hydrogen (secondary N) is 1. The van der Waals surface area contributed by atoms with Crippen LogP contribution in [0, 0.1) is 0 Å². The van der Waals surface area contributed by atoms with E-state index in [-0.39, 0.29) is 23.5 Å². The fourth-order valence-electron chi connectivity index (χ4n) is 1.87. The van der Waals surface area contributed by atoms with E-state index in [2.05, 4.69) is 31.2 Å². The number of carbonyl (C=O) groups excluding carboxylic acids is 1. The van der Waals surface area contributed by atoms with Gasteiger partial charge in [0, 0.05) is 27.5 Å². The number of aromatic nitrogens is 2. The molecule has 0 fully saturated rings. The molecule has 1 N–H and O–H groups in total. The number of halogens is 4. The van der Waals surface area contributed by atoms with Crippen LogP contribution < -0.4 is 5.32 Å². The van der Waals surface area contributed by atoms with E-state index in [1.807, 2.05) is 0 Å². The molecule has 8 heteroatoms. The van der Waals surface area contributed by atoms with Crippen molar-refractivity contribution in [2.75, 3.05) is 0 Å². The molecular formula is C14H11BrCl3N3O. The molecule has 2 heterocycles. The van der Waals surface area contributed by atoms with Crippen LogP contribution in [-0.2, 0) is 11.2 Å². The lowest BCUT2D eigenvalue weighted by atomic mass is 10.1. The molecular weight excluding hydrogens is 412 g/mol. The Morgan fingerprint density at radius 1 is 1.32 bits per heavy atom. The molecule has 116 valence electrons. The van der Waals surface area contributed by atoms with E-state index in [1.165, 1.54) is 6.20 Å².